The topological polar surface area (TPSA) is 75.7 Å². The van der Waals surface area contributed by atoms with Gasteiger partial charge in [0, 0.05) is 6.07 Å². The summed E-state index contributed by atoms with van der Waals surface area (Å²) >= 11 is 5.58. The Bertz CT molecular complexity index is 365. The Balaban J connectivity index is 3.12. The highest BCUT2D eigenvalue weighted by molar-refractivity contribution is 6.32. The predicted molar refractivity (Wildman–Crippen MR) is 47.5 cm³/mol. The first-order valence-electron chi connectivity index (χ1n) is 3.26. The van der Waals surface area contributed by atoms with Crippen LogP contribution in [0.25, 0.3) is 0 Å². The van der Waals surface area contributed by atoms with Gasteiger partial charge in [0.25, 0.3) is 5.69 Å². The summed E-state index contributed by atoms with van der Waals surface area (Å²) in [6.07, 6.45) is 1.13. The van der Waals surface area contributed by atoms with Crippen molar-refractivity contribution in [2.24, 2.45) is 5.16 Å². The highest BCUT2D eigenvalue weighted by Crippen LogP contribution is 2.24. The monoisotopic (exact) mass is 200 g/mol. The average Bonchev–Trinajstić information content (AvgIpc) is 2.04. The molecule has 1 aromatic carbocycles. The van der Waals surface area contributed by atoms with E-state index in [9.17, 15) is 10.1 Å². The number of nitro benzene ring substituents is 1. The molecule has 0 radical (unpaired) electrons. The maximum Gasteiger partial charge on any atom is 0.287 e. The van der Waals surface area contributed by atoms with Gasteiger partial charge in [-0.15, -0.1) is 0 Å². The molecule has 0 aliphatic rings. The molecule has 0 bridgehead atoms. The Morgan fingerprint density at radius 3 is 2.77 bits per heavy atom. The van der Waals surface area contributed by atoms with Crippen molar-refractivity contribution in [3.8, 4) is 0 Å². The minimum atomic E-state index is -0.581. The number of nitro groups is 1. The van der Waals surface area contributed by atoms with Crippen molar-refractivity contribution in [1.82, 2.24) is 0 Å². The first-order valence-corrected chi connectivity index (χ1v) is 3.64. The summed E-state index contributed by atoms with van der Waals surface area (Å²) in [6, 6.07) is 4.03. The minimum Gasteiger partial charge on any atom is -0.411 e. The minimum absolute atomic E-state index is 0.0161. The van der Waals surface area contributed by atoms with Crippen LogP contribution in [-0.4, -0.2) is 16.3 Å². The van der Waals surface area contributed by atoms with Gasteiger partial charge in [-0.25, -0.2) is 0 Å². The third-order valence-corrected chi connectivity index (χ3v) is 1.68. The maximum absolute atomic E-state index is 10.3. The van der Waals surface area contributed by atoms with Gasteiger partial charge in [-0.1, -0.05) is 16.8 Å². The van der Waals surface area contributed by atoms with E-state index in [-0.39, 0.29) is 10.7 Å². The van der Waals surface area contributed by atoms with Gasteiger partial charge in [0.05, 0.1) is 11.1 Å². The van der Waals surface area contributed by atoms with Gasteiger partial charge in [0.15, 0.2) is 0 Å². The summed E-state index contributed by atoms with van der Waals surface area (Å²) in [5, 5.41) is 21.3. The first kappa shape index (κ1) is 9.47. The van der Waals surface area contributed by atoms with E-state index in [2.05, 4.69) is 5.16 Å². The Kier molecular flexibility index (Phi) is 2.81. The lowest BCUT2D eigenvalue weighted by atomic mass is 10.2. The maximum atomic E-state index is 10.3. The fourth-order valence-corrected chi connectivity index (χ4v) is 1.08. The van der Waals surface area contributed by atoms with Crippen LogP contribution in [0.1, 0.15) is 5.56 Å². The third-order valence-electron chi connectivity index (χ3n) is 1.38. The predicted octanol–water partition coefficient (Wildman–Crippen LogP) is 2.06. The van der Waals surface area contributed by atoms with Crippen molar-refractivity contribution in [3.63, 3.8) is 0 Å². The number of hydrogen-bond acceptors (Lipinski definition) is 4. The Morgan fingerprint density at radius 2 is 2.31 bits per heavy atom. The fraction of sp³-hybridized carbons (Fsp3) is 0. The second kappa shape index (κ2) is 3.86. The molecule has 0 saturated heterocycles. The van der Waals surface area contributed by atoms with Crippen molar-refractivity contribution in [2.45, 2.75) is 0 Å². The van der Waals surface area contributed by atoms with Gasteiger partial charge in [-0.3, -0.25) is 10.1 Å². The second-order valence-electron chi connectivity index (χ2n) is 2.21. The number of hydrogen-bond donors (Lipinski definition) is 1. The molecule has 68 valence electrons. The van der Waals surface area contributed by atoms with Crippen molar-refractivity contribution >= 4 is 23.5 Å². The number of rotatable bonds is 2. The fourth-order valence-electron chi connectivity index (χ4n) is 0.818. The molecule has 0 aromatic heterocycles. The Labute approximate surface area is 78.4 Å². The van der Waals surface area contributed by atoms with E-state index >= 15 is 0 Å². The van der Waals surface area contributed by atoms with Crippen molar-refractivity contribution < 1.29 is 10.1 Å². The molecule has 0 aliphatic carbocycles. The summed E-state index contributed by atoms with van der Waals surface area (Å²) in [7, 11) is 0. The molecule has 0 aliphatic heterocycles. The van der Waals surface area contributed by atoms with Crippen LogP contribution in [0.4, 0.5) is 5.69 Å². The molecule has 0 heterocycles. The highest BCUT2D eigenvalue weighted by atomic mass is 35.5. The van der Waals surface area contributed by atoms with Gasteiger partial charge in [-0.05, 0) is 17.7 Å². The molecular weight excluding hydrogens is 196 g/mol. The van der Waals surface area contributed by atoms with Crippen LogP contribution in [0.15, 0.2) is 23.4 Å². The summed E-state index contributed by atoms with van der Waals surface area (Å²) in [5.41, 5.74) is 0.329. The molecule has 6 heteroatoms. The number of benzene rings is 1. The highest BCUT2D eigenvalue weighted by Gasteiger charge is 2.10. The van der Waals surface area contributed by atoms with Crippen LogP contribution in [0.5, 0.6) is 0 Å². The van der Waals surface area contributed by atoms with Crippen LogP contribution in [0.2, 0.25) is 5.02 Å². The van der Waals surface area contributed by atoms with E-state index in [1.165, 1.54) is 18.2 Å². The first-order chi connectivity index (χ1) is 6.15. The Hall–Kier alpha value is -1.62. The molecule has 1 N–H and O–H groups in total. The molecule has 0 unspecified atom stereocenters. The van der Waals surface area contributed by atoms with Crippen LogP contribution in [-0.2, 0) is 0 Å². The van der Waals surface area contributed by atoms with Gasteiger partial charge in [0.1, 0.15) is 5.02 Å². The SMILES string of the molecule is O=[N+]([O-])c1ccc(/C=N/O)cc1Cl. The number of oxime groups is 1. The molecule has 1 rings (SSSR count). The average molecular weight is 201 g/mol. The van der Waals surface area contributed by atoms with E-state index < -0.39 is 4.92 Å². The molecule has 0 atom stereocenters. The normalized spacial score (nSPS) is 10.5. The van der Waals surface area contributed by atoms with Gasteiger partial charge < -0.3 is 5.21 Å². The summed E-state index contributed by atoms with van der Waals surface area (Å²) < 4.78 is 0. The van der Waals surface area contributed by atoms with Crippen molar-refractivity contribution in [2.75, 3.05) is 0 Å². The summed E-state index contributed by atoms with van der Waals surface area (Å²) in [5.74, 6) is 0. The number of halogens is 1. The van der Waals surface area contributed by atoms with Crippen molar-refractivity contribution in [1.29, 1.82) is 0 Å². The van der Waals surface area contributed by atoms with E-state index in [1.54, 1.807) is 0 Å². The lowest BCUT2D eigenvalue weighted by molar-refractivity contribution is -0.384. The molecule has 5 nitrogen and oxygen atoms in total. The summed E-state index contributed by atoms with van der Waals surface area (Å²) in [6.45, 7) is 0. The molecule has 13 heavy (non-hydrogen) atoms. The van der Waals surface area contributed by atoms with E-state index in [0.717, 1.165) is 6.21 Å². The molecule has 0 spiro atoms. The van der Waals surface area contributed by atoms with Crippen LogP contribution in [0, 0.1) is 10.1 Å². The van der Waals surface area contributed by atoms with Crippen molar-refractivity contribution in [3.05, 3.63) is 38.9 Å². The molecule has 1 aromatic rings. The largest absolute Gasteiger partial charge is 0.411 e. The zero-order chi connectivity index (χ0) is 9.84. The number of nitrogens with zero attached hydrogens (tertiary/aromatic N) is 2. The zero-order valence-electron chi connectivity index (χ0n) is 6.35. The van der Waals surface area contributed by atoms with E-state index in [4.69, 9.17) is 16.8 Å². The van der Waals surface area contributed by atoms with Gasteiger partial charge >= 0.3 is 0 Å². The standard InChI is InChI=1S/C7H5ClN2O3/c8-6-3-5(4-9-11)1-2-7(6)10(12)13/h1-4,11H/b9-4+. The third kappa shape index (κ3) is 2.16. The summed E-state index contributed by atoms with van der Waals surface area (Å²) in [4.78, 5) is 9.75. The van der Waals surface area contributed by atoms with E-state index in [1.807, 2.05) is 0 Å². The quantitative estimate of drug-likeness (QED) is 0.344. The van der Waals surface area contributed by atoms with Gasteiger partial charge in [0.2, 0.25) is 0 Å². The molecular formula is C7H5ClN2O3. The Morgan fingerprint density at radius 1 is 1.62 bits per heavy atom. The molecule has 0 amide bonds. The second-order valence-corrected chi connectivity index (χ2v) is 2.62. The zero-order valence-corrected chi connectivity index (χ0v) is 7.10. The van der Waals surface area contributed by atoms with Gasteiger partial charge in [-0.2, -0.15) is 0 Å². The lowest BCUT2D eigenvalue weighted by Gasteiger charge is -1.95. The molecule has 0 saturated carbocycles. The van der Waals surface area contributed by atoms with E-state index in [0.29, 0.717) is 5.56 Å². The lowest BCUT2D eigenvalue weighted by Crippen LogP contribution is -1.90. The smallest absolute Gasteiger partial charge is 0.287 e. The van der Waals surface area contributed by atoms with Crippen LogP contribution in [0.3, 0.4) is 0 Å². The van der Waals surface area contributed by atoms with Crippen LogP contribution >= 0.6 is 11.6 Å². The van der Waals surface area contributed by atoms with Crippen LogP contribution < -0.4 is 0 Å². The molecule has 0 fully saturated rings.